The lowest BCUT2D eigenvalue weighted by molar-refractivity contribution is 0.0994. The number of carbonyl (C=O) groups is 1. The van der Waals surface area contributed by atoms with Crippen molar-refractivity contribution in [1.29, 1.82) is 0 Å². The van der Waals surface area contributed by atoms with Gasteiger partial charge < -0.3 is 10.5 Å². The molecule has 0 aliphatic carbocycles. The molecule has 0 aliphatic rings. The molecule has 16 heavy (non-hydrogen) atoms. The van der Waals surface area contributed by atoms with E-state index in [0.29, 0.717) is 18.8 Å². The second-order valence-corrected chi connectivity index (χ2v) is 3.57. The van der Waals surface area contributed by atoms with Gasteiger partial charge in [0.2, 0.25) is 0 Å². The summed E-state index contributed by atoms with van der Waals surface area (Å²) in [4.78, 5) is 11.1. The Morgan fingerprint density at radius 3 is 2.88 bits per heavy atom. The van der Waals surface area contributed by atoms with Crippen LogP contribution in [0, 0.1) is 0 Å². The van der Waals surface area contributed by atoms with Crippen LogP contribution in [0.15, 0.2) is 0 Å². The molecule has 0 radical (unpaired) electrons. The first-order chi connectivity index (χ1) is 7.70. The maximum absolute atomic E-state index is 11.1. The number of aryl methyl sites for hydroxylation is 1. The molecule has 90 valence electrons. The average Bonchev–Trinajstić information content (AvgIpc) is 2.63. The van der Waals surface area contributed by atoms with Crippen LogP contribution < -0.4 is 5.73 Å². The molecule has 1 rings (SSSR count). The highest BCUT2D eigenvalue weighted by atomic mass is 16.5. The van der Waals surface area contributed by atoms with Gasteiger partial charge in [-0.15, -0.1) is 5.10 Å². The lowest BCUT2D eigenvalue weighted by atomic mass is 10.2. The van der Waals surface area contributed by atoms with Gasteiger partial charge in [0.1, 0.15) is 0 Å². The maximum Gasteiger partial charge on any atom is 0.271 e. The summed E-state index contributed by atoms with van der Waals surface area (Å²) in [5.41, 5.74) is 6.35. The predicted molar refractivity (Wildman–Crippen MR) is 59.0 cm³/mol. The topological polar surface area (TPSA) is 83.0 Å². The molecule has 6 nitrogen and oxygen atoms in total. The fraction of sp³-hybridized carbons (Fsp3) is 0.700. The van der Waals surface area contributed by atoms with E-state index in [9.17, 15) is 4.79 Å². The fourth-order valence-corrected chi connectivity index (χ4v) is 1.55. The Bertz CT molecular complexity index is 349. The molecule has 6 heteroatoms. The van der Waals surface area contributed by atoms with Gasteiger partial charge in [0.15, 0.2) is 5.69 Å². The predicted octanol–water partition coefficient (Wildman–Crippen LogP) is 0.366. The van der Waals surface area contributed by atoms with E-state index in [1.165, 1.54) is 0 Å². The van der Waals surface area contributed by atoms with Crippen LogP contribution in [-0.4, -0.2) is 34.6 Å². The molecule has 0 bridgehead atoms. The van der Waals surface area contributed by atoms with E-state index < -0.39 is 5.91 Å². The van der Waals surface area contributed by atoms with Crippen LogP contribution in [0.4, 0.5) is 0 Å². The van der Waals surface area contributed by atoms with E-state index in [1.807, 2.05) is 6.92 Å². The SMILES string of the molecule is CCCc1c(C(N)=O)nnn1CCCOC. The minimum absolute atomic E-state index is 0.291. The van der Waals surface area contributed by atoms with E-state index in [-0.39, 0.29) is 0 Å². The Kier molecular flexibility index (Phi) is 4.91. The molecule has 0 aromatic carbocycles. The van der Waals surface area contributed by atoms with Gasteiger partial charge in [-0.25, -0.2) is 4.68 Å². The normalized spacial score (nSPS) is 10.6. The molecule has 0 saturated carbocycles. The number of primary amides is 1. The monoisotopic (exact) mass is 226 g/mol. The zero-order valence-electron chi connectivity index (χ0n) is 9.77. The largest absolute Gasteiger partial charge is 0.385 e. The smallest absolute Gasteiger partial charge is 0.271 e. The molecular formula is C10H18N4O2. The summed E-state index contributed by atoms with van der Waals surface area (Å²) >= 11 is 0. The molecule has 0 spiro atoms. The van der Waals surface area contributed by atoms with Gasteiger partial charge in [-0.05, 0) is 12.8 Å². The van der Waals surface area contributed by atoms with Crippen LogP contribution in [0.1, 0.15) is 35.9 Å². The third-order valence-electron chi connectivity index (χ3n) is 2.28. The molecule has 1 aromatic rings. The van der Waals surface area contributed by atoms with Crippen LogP contribution in [0.25, 0.3) is 0 Å². The van der Waals surface area contributed by atoms with E-state index in [4.69, 9.17) is 10.5 Å². The quantitative estimate of drug-likeness (QED) is 0.681. The number of hydrogen-bond donors (Lipinski definition) is 1. The second-order valence-electron chi connectivity index (χ2n) is 3.57. The van der Waals surface area contributed by atoms with Crippen molar-refractivity contribution in [2.24, 2.45) is 5.73 Å². The lowest BCUT2D eigenvalue weighted by Gasteiger charge is -2.05. The number of carbonyl (C=O) groups excluding carboxylic acids is 1. The number of ether oxygens (including phenoxy) is 1. The number of aromatic nitrogens is 3. The Morgan fingerprint density at radius 2 is 2.31 bits per heavy atom. The van der Waals surface area contributed by atoms with Crippen molar-refractivity contribution >= 4 is 5.91 Å². The van der Waals surface area contributed by atoms with Crippen molar-refractivity contribution in [2.45, 2.75) is 32.7 Å². The van der Waals surface area contributed by atoms with Crippen molar-refractivity contribution in [2.75, 3.05) is 13.7 Å². The first-order valence-electron chi connectivity index (χ1n) is 5.41. The Labute approximate surface area is 94.8 Å². The van der Waals surface area contributed by atoms with Crippen molar-refractivity contribution in [1.82, 2.24) is 15.0 Å². The summed E-state index contributed by atoms with van der Waals surface area (Å²) in [6.07, 6.45) is 2.53. The van der Waals surface area contributed by atoms with Crippen LogP contribution in [-0.2, 0) is 17.7 Å². The molecule has 1 aromatic heterocycles. The number of amides is 1. The minimum atomic E-state index is -0.513. The molecule has 0 aliphatic heterocycles. The maximum atomic E-state index is 11.1. The van der Waals surface area contributed by atoms with Crippen molar-refractivity contribution in [3.8, 4) is 0 Å². The van der Waals surface area contributed by atoms with Gasteiger partial charge in [-0.2, -0.15) is 0 Å². The lowest BCUT2D eigenvalue weighted by Crippen LogP contribution is -2.15. The zero-order chi connectivity index (χ0) is 12.0. The Balaban J connectivity index is 2.78. The van der Waals surface area contributed by atoms with Crippen LogP contribution in [0.5, 0.6) is 0 Å². The third kappa shape index (κ3) is 3.03. The summed E-state index contributed by atoms with van der Waals surface area (Å²) in [6, 6.07) is 0. The van der Waals surface area contributed by atoms with Crippen molar-refractivity contribution in [3.63, 3.8) is 0 Å². The highest BCUT2D eigenvalue weighted by Gasteiger charge is 2.15. The van der Waals surface area contributed by atoms with Crippen molar-refractivity contribution in [3.05, 3.63) is 11.4 Å². The van der Waals surface area contributed by atoms with Gasteiger partial charge in [0.25, 0.3) is 5.91 Å². The Morgan fingerprint density at radius 1 is 1.56 bits per heavy atom. The summed E-state index contributed by atoms with van der Waals surface area (Å²) in [6.45, 7) is 3.40. The molecule has 1 heterocycles. The third-order valence-corrected chi connectivity index (χ3v) is 2.28. The van der Waals surface area contributed by atoms with Gasteiger partial charge in [0.05, 0.1) is 5.69 Å². The van der Waals surface area contributed by atoms with E-state index in [0.717, 1.165) is 25.0 Å². The summed E-state index contributed by atoms with van der Waals surface area (Å²) in [5.74, 6) is -0.513. The average molecular weight is 226 g/mol. The van der Waals surface area contributed by atoms with E-state index in [2.05, 4.69) is 10.3 Å². The fourth-order valence-electron chi connectivity index (χ4n) is 1.55. The summed E-state index contributed by atoms with van der Waals surface area (Å²) in [7, 11) is 1.66. The first-order valence-corrected chi connectivity index (χ1v) is 5.41. The van der Waals surface area contributed by atoms with Crippen LogP contribution in [0.2, 0.25) is 0 Å². The Hall–Kier alpha value is -1.43. The number of nitrogens with two attached hydrogens (primary N) is 1. The van der Waals surface area contributed by atoms with Crippen molar-refractivity contribution < 1.29 is 9.53 Å². The molecule has 0 saturated heterocycles. The number of nitrogens with zero attached hydrogens (tertiary/aromatic N) is 3. The minimum Gasteiger partial charge on any atom is -0.385 e. The molecular weight excluding hydrogens is 208 g/mol. The summed E-state index contributed by atoms with van der Waals surface area (Å²) < 4.78 is 6.70. The molecule has 0 fully saturated rings. The van der Waals surface area contributed by atoms with Gasteiger partial charge in [-0.1, -0.05) is 18.6 Å². The van der Waals surface area contributed by atoms with E-state index >= 15 is 0 Å². The van der Waals surface area contributed by atoms with Crippen LogP contribution in [0.3, 0.4) is 0 Å². The van der Waals surface area contributed by atoms with Gasteiger partial charge in [0, 0.05) is 20.3 Å². The first kappa shape index (κ1) is 12.6. The van der Waals surface area contributed by atoms with Gasteiger partial charge in [-0.3, -0.25) is 4.79 Å². The number of rotatable bonds is 7. The highest BCUT2D eigenvalue weighted by molar-refractivity contribution is 5.91. The standard InChI is InChI=1S/C10H18N4O2/c1-3-5-8-9(10(11)15)12-13-14(8)6-4-7-16-2/h3-7H2,1-2H3,(H2,11,15). The number of hydrogen-bond acceptors (Lipinski definition) is 4. The zero-order valence-corrected chi connectivity index (χ0v) is 9.77. The van der Waals surface area contributed by atoms with E-state index in [1.54, 1.807) is 11.8 Å². The molecule has 1 amide bonds. The molecule has 0 atom stereocenters. The molecule has 2 N–H and O–H groups in total. The van der Waals surface area contributed by atoms with Crippen LogP contribution >= 0.6 is 0 Å². The van der Waals surface area contributed by atoms with Gasteiger partial charge >= 0.3 is 0 Å². The number of methoxy groups -OCH3 is 1. The molecule has 0 unspecified atom stereocenters. The highest BCUT2D eigenvalue weighted by Crippen LogP contribution is 2.08. The summed E-state index contributed by atoms with van der Waals surface area (Å²) in [5, 5.41) is 7.75. The second kappa shape index (κ2) is 6.22.